The third kappa shape index (κ3) is 5.62. The van der Waals surface area contributed by atoms with Crippen molar-refractivity contribution in [3.05, 3.63) is 58.6 Å². The Bertz CT molecular complexity index is 1040. The first-order valence-corrected chi connectivity index (χ1v) is 10.7. The largest absolute Gasteiger partial charge is 0.405 e. The number of amides is 1. The van der Waals surface area contributed by atoms with Crippen molar-refractivity contribution in [1.82, 2.24) is 20.2 Å². The molecule has 2 aromatic rings. The number of halogens is 3. The summed E-state index contributed by atoms with van der Waals surface area (Å²) in [4.78, 5) is 23.5. The summed E-state index contributed by atoms with van der Waals surface area (Å²) in [6.45, 7) is 5.27. The van der Waals surface area contributed by atoms with Crippen LogP contribution in [0.5, 0.6) is 0 Å². The molecule has 0 saturated heterocycles. The Balaban J connectivity index is 1.80. The number of hydrogen-bond acceptors (Lipinski definition) is 6. The summed E-state index contributed by atoms with van der Waals surface area (Å²) in [5, 5.41) is 14.6. The van der Waals surface area contributed by atoms with E-state index in [9.17, 15) is 18.0 Å². The second-order valence-corrected chi connectivity index (χ2v) is 7.90. The molecule has 0 fully saturated rings. The molecule has 178 valence electrons. The van der Waals surface area contributed by atoms with Crippen LogP contribution in [0.2, 0.25) is 0 Å². The lowest BCUT2D eigenvalue weighted by atomic mass is 10.1. The van der Waals surface area contributed by atoms with Crippen LogP contribution < -0.4 is 10.6 Å². The smallest absolute Gasteiger partial charge is 0.396 e. The summed E-state index contributed by atoms with van der Waals surface area (Å²) < 4.78 is 37.5. The van der Waals surface area contributed by atoms with E-state index in [1.54, 1.807) is 30.2 Å². The molecule has 0 spiro atoms. The summed E-state index contributed by atoms with van der Waals surface area (Å²) in [6.07, 6.45) is 1.24. The number of allylic oxidation sites excluding steroid dienone is 1. The predicted octanol–water partition coefficient (Wildman–Crippen LogP) is 3.81. The van der Waals surface area contributed by atoms with Crippen LogP contribution in [0, 0.1) is 6.92 Å². The van der Waals surface area contributed by atoms with Gasteiger partial charge in [-0.1, -0.05) is 6.08 Å². The average molecular weight is 464 g/mol. The van der Waals surface area contributed by atoms with Crippen LogP contribution in [0.4, 0.5) is 19.0 Å². The van der Waals surface area contributed by atoms with Crippen molar-refractivity contribution in [3.63, 3.8) is 0 Å². The Morgan fingerprint density at radius 3 is 2.76 bits per heavy atom. The minimum absolute atomic E-state index is 0.0755. The highest BCUT2D eigenvalue weighted by Gasteiger charge is 2.34. The number of aliphatic hydroxyl groups excluding tert-OH is 1. The van der Waals surface area contributed by atoms with Crippen LogP contribution >= 0.6 is 0 Å². The molecule has 33 heavy (non-hydrogen) atoms. The van der Waals surface area contributed by atoms with Crippen LogP contribution in [0.1, 0.15) is 59.1 Å². The van der Waals surface area contributed by atoms with Crippen LogP contribution in [0.15, 0.2) is 30.6 Å². The zero-order valence-corrected chi connectivity index (χ0v) is 18.8. The third-order valence-corrected chi connectivity index (χ3v) is 5.58. The topological polar surface area (TPSA) is 90.4 Å². The molecule has 1 atom stereocenters. The first-order chi connectivity index (χ1) is 15.7. The molecule has 0 aromatic carbocycles. The number of carbonyl (C=O) groups is 1. The summed E-state index contributed by atoms with van der Waals surface area (Å²) in [5.74, 6) is 0.0290. The molecule has 0 aliphatic carbocycles. The summed E-state index contributed by atoms with van der Waals surface area (Å²) in [5.41, 5.74) is 4.17. The van der Waals surface area contributed by atoms with E-state index in [0.29, 0.717) is 36.3 Å². The molecule has 1 amide bonds. The van der Waals surface area contributed by atoms with Gasteiger partial charge in [0.2, 0.25) is 0 Å². The second-order valence-electron chi connectivity index (χ2n) is 7.90. The van der Waals surface area contributed by atoms with Crippen molar-refractivity contribution in [2.24, 2.45) is 0 Å². The molecule has 10 heteroatoms. The highest BCUT2D eigenvalue weighted by molar-refractivity contribution is 5.99. The monoisotopic (exact) mass is 463 g/mol. The average Bonchev–Trinajstić information content (AvgIpc) is 3.11. The predicted molar refractivity (Wildman–Crippen MR) is 119 cm³/mol. The molecule has 7 nitrogen and oxygen atoms in total. The maximum atomic E-state index is 13.2. The number of fused-ring (bicyclic) bond motifs is 1. The lowest BCUT2D eigenvalue weighted by Gasteiger charge is -2.25. The van der Waals surface area contributed by atoms with Crippen molar-refractivity contribution in [3.8, 4) is 0 Å². The van der Waals surface area contributed by atoms with Crippen molar-refractivity contribution in [2.75, 3.05) is 25.0 Å². The van der Waals surface area contributed by atoms with Crippen LogP contribution in [0.25, 0.3) is 5.70 Å². The summed E-state index contributed by atoms with van der Waals surface area (Å²) >= 11 is 0. The molecular formula is C23H28F3N5O2. The van der Waals surface area contributed by atoms with Gasteiger partial charge in [-0.05, 0) is 50.5 Å². The van der Waals surface area contributed by atoms with Gasteiger partial charge in [-0.2, -0.15) is 13.2 Å². The molecule has 1 unspecified atom stereocenters. The van der Waals surface area contributed by atoms with Crippen LogP contribution in [-0.4, -0.2) is 51.8 Å². The molecule has 0 radical (unpaired) electrons. The quantitative estimate of drug-likeness (QED) is 0.490. The number of aliphatic hydroxyl groups is 1. The summed E-state index contributed by atoms with van der Waals surface area (Å²) in [6, 6.07) is 3.11. The van der Waals surface area contributed by atoms with Gasteiger partial charge in [-0.15, -0.1) is 0 Å². The Labute approximate surface area is 190 Å². The van der Waals surface area contributed by atoms with Crippen molar-refractivity contribution in [2.45, 2.75) is 46.0 Å². The number of aryl methyl sites for hydroxylation is 1. The zero-order chi connectivity index (χ0) is 24.2. The van der Waals surface area contributed by atoms with E-state index in [1.165, 1.54) is 6.20 Å². The maximum Gasteiger partial charge on any atom is 0.405 e. The van der Waals surface area contributed by atoms with Gasteiger partial charge in [0.05, 0.1) is 17.4 Å². The number of rotatable bonds is 9. The number of aromatic nitrogens is 2. The lowest BCUT2D eigenvalue weighted by molar-refractivity contribution is -0.115. The van der Waals surface area contributed by atoms with Gasteiger partial charge in [-0.25, -0.2) is 4.98 Å². The molecule has 3 rings (SSSR count). The number of alkyl halides is 3. The molecule has 1 aliphatic heterocycles. The number of nitrogens with one attached hydrogen (secondary N) is 2. The van der Waals surface area contributed by atoms with Gasteiger partial charge >= 0.3 is 6.18 Å². The fourth-order valence-electron chi connectivity index (χ4n) is 3.79. The molecule has 0 bridgehead atoms. The normalized spacial score (nSPS) is 14.9. The van der Waals surface area contributed by atoms with E-state index in [4.69, 9.17) is 5.11 Å². The number of anilines is 1. The second kappa shape index (κ2) is 10.2. The van der Waals surface area contributed by atoms with E-state index in [2.05, 4.69) is 20.6 Å². The zero-order valence-electron chi connectivity index (χ0n) is 18.8. The number of nitrogens with zero attached hydrogens (tertiary/aromatic N) is 3. The van der Waals surface area contributed by atoms with Crippen LogP contribution in [0.3, 0.4) is 0 Å². The molecule has 0 saturated carbocycles. The minimum Gasteiger partial charge on any atom is -0.396 e. The van der Waals surface area contributed by atoms with E-state index < -0.39 is 12.7 Å². The molecular weight excluding hydrogens is 435 g/mol. The first kappa shape index (κ1) is 24.5. The highest BCUT2D eigenvalue weighted by Crippen LogP contribution is 2.34. The molecule has 1 aliphatic rings. The Kier molecular flexibility index (Phi) is 7.57. The Morgan fingerprint density at radius 2 is 2.12 bits per heavy atom. The fraction of sp³-hybridized carbons (Fsp3) is 0.435. The number of pyridine rings is 2. The van der Waals surface area contributed by atoms with Crippen molar-refractivity contribution in [1.29, 1.82) is 0 Å². The van der Waals surface area contributed by atoms with Crippen molar-refractivity contribution >= 4 is 17.4 Å². The Hall–Kier alpha value is -3.14. The van der Waals surface area contributed by atoms with Gasteiger partial charge in [0.1, 0.15) is 12.4 Å². The SMILES string of the molecule is C/C=C(\NCCCO)c1nccc2c1CN(C(C)c1cnc(NCC(F)(F)F)c(C)c1)C2=O. The van der Waals surface area contributed by atoms with Gasteiger partial charge in [0, 0.05) is 43.2 Å². The lowest BCUT2D eigenvalue weighted by Crippen LogP contribution is -2.27. The van der Waals surface area contributed by atoms with Crippen LogP contribution in [-0.2, 0) is 6.54 Å². The summed E-state index contributed by atoms with van der Waals surface area (Å²) in [7, 11) is 0. The first-order valence-electron chi connectivity index (χ1n) is 10.7. The molecule has 3 heterocycles. The van der Waals surface area contributed by atoms with E-state index in [0.717, 1.165) is 16.8 Å². The number of carbonyl (C=O) groups excluding carboxylic acids is 1. The number of hydrogen-bond donors (Lipinski definition) is 3. The van der Waals surface area contributed by atoms with Crippen molar-refractivity contribution < 1.29 is 23.1 Å². The van der Waals surface area contributed by atoms with Gasteiger partial charge in [0.25, 0.3) is 5.91 Å². The van der Waals surface area contributed by atoms with E-state index >= 15 is 0 Å². The van der Waals surface area contributed by atoms with E-state index in [1.807, 2.05) is 19.9 Å². The van der Waals surface area contributed by atoms with E-state index in [-0.39, 0.29) is 24.4 Å². The Morgan fingerprint density at radius 1 is 1.36 bits per heavy atom. The maximum absolute atomic E-state index is 13.2. The molecule has 2 aromatic heterocycles. The minimum atomic E-state index is -4.34. The highest BCUT2D eigenvalue weighted by atomic mass is 19.4. The molecule has 3 N–H and O–H groups in total. The standard InChI is InChI=1S/C23H28F3N5O2/c1-4-19(27-7-5-9-32)20-18-12-31(22(33)17(18)6-8-28-20)15(3)16-10-14(2)21(29-11-16)30-13-23(24,25)26/h4,6,8,10-11,15,27,32H,5,7,9,12-13H2,1-3H3,(H,29,30)/b19-4-. The van der Waals surface area contributed by atoms with Gasteiger partial charge in [-0.3, -0.25) is 9.78 Å². The third-order valence-electron chi connectivity index (χ3n) is 5.58. The van der Waals surface area contributed by atoms with Gasteiger partial charge in [0.15, 0.2) is 0 Å². The van der Waals surface area contributed by atoms with Gasteiger partial charge < -0.3 is 20.6 Å². The fourth-order valence-corrected chi connectivity index (χ4v) is 3.79.